The lowest BCUT2D eigenvalue weighted by molar-refractivity contribution is 0.0691. The molecular weight excluding hydrogens is 461 g/mol. The number of hydrogen-bond acceptors (Lipinski definition) is 4. The highest BCUT2D eigenvalue weighted by Gasteiger charge is 2.22. The fourth-order valence-corrected chi connectivity index (χ4v) is 4.07. The molecule has 6 nitrogen and oxygen atoms in total. The number of rotatable bonds is 4. The second-order valence-corrected chi connectivity index (χ2v) is 7.97. The van der Waals surface area contributed by atoms with E-state index < -0.39 is 17.3 Å². The normalized spacial score (nSPS) is 13.9. The van der Waals surface area contributed by atoms with Crippen LogP contribution in [0.25, 0.3) is 0 Å². The first-order valence-corrected chi connectivity index (χ1v) is 10.2. The summed E-state index contributed by atoms with van der Waals surface area (Å²) in [5, 5.41) is 12.5. The topological polar surface area (TPSA) is 65.0 Å². The number of aromatic carboxylic acids is 1. The van der Waals surface area contributed by atoms with E-state index in [0.717, 1.165) is 29.7 Å². The van der Waals surface area contributed by atoms with Crippen LogP contribution in [0.5, 0.6) is 5.75 Å². The Kier molecular flexibility index (Phi) is 6.59. The van der Waals surface area contributed by atoms with Crippen molar-refractivity contribution < 1.29 is 19.0 Å². The molecule has 0 unspecified atom stereocenters. The van der Waals surface area contributed by atoms with Gasteiger partial charge in [0.25, 0.3) is 0 Å². The Morgan fingerprint density at radius 3 is 2.52 bits per heavy atom. The Hall–Kier alpha value is -2.39. The molecule has 0 saturated carbocycles. The smallest absolute Gasteiger partial charge is 0.338 e. The van der Waals surface area contributed by atoms with E-state index in [-0.39, 0.29) is 5.75 Å². The van der Waals surface area contributed by atoms with Gasteiger partial charge in [0, 0.05) is 42.4 Å². The van der Waals surface area contributed by atoms with Crippen molar-refractivity contribution in [2.24, 2.45) is 0 Å². The SMILES string of the molecule is COc1cc(C(=O)O)c(F)cc1NC(=S)N1CCN(c2ccc(Br)cc2C)CC1. The van der Waals surface area contributed by atoms with Gasteiger partial charge < -0.3 is 25.0 Å². The average Bonchev–Trinajstić information content (AvgIpc) is 2.68. The van der Waals surface area contributed by atoms with Crippen LogP contribution in [0, 0.1) is 12.7 Å². The molecule has 9 heteroatoms. The van der Waals surface area contributed by atoms with Crippen LogP contribution in [0.3, 0.4) is 0 Å². The predicted octanol–water partition coefficient (Wildman–Crippen LogP) is 4.12. The van der Waals surface area contributed by atoms with Crippen LogP contribution < -0.4 is 15.0 Å². The van der Waals surface area contributed by atoms with E-state index in [1.807, 2.05) is 11.0 Å². The summed E-state index contributed by atoms with van der Waals surface area (Å²) < 4.78 is 20.3. The summed E-state index contributed by atoms with van der Waals surface area (Å²) in [6.07, 6.45) is 0. The first-order valence-electron chi connectivity index (χ1n) is 8.98. The number of hydrogen-bond donors (Lipinski definition) is 2. The number of carboxylic acids is 1. The van der Waals surface area contributed by atoms with Gasteiger partial charge in [-0.05, 0) is 49.0 Å². The van der Waals surface area contributed by atoms with E-state index in [9.17, 15) is 9.18 Å². The van der Waals surface area contributed by atoms with E-state index in [2.05, 4.69) is 45.2 Å². The van der Waals surface area contributed by atoms with Gasteiger partial charge in [0.15, 0.2) is 5.11 Å². The lowest BCUT2D eigenvalue weighted by Gasteiger charge is -2.38. The molecule has 1 fully saturated rings. The maximum atomic E-state index is 14.1. The lowest BCUT2D eigenvalue weighted by atomic mass is 10.1. The van der Waals surface area contributed by atoms with E-state index >= 15 is 0 Å². The number of thiocarbonyl (C=S) groups is 1. The molecule has 0 bridgehead atoms. The Bertz CT molecular complexity index is 949. The zero-order chi connectivity index (χ0) is 21.1. The molecule has 0 aliphatic carbocycles. The monoisotopic (exact) mass is 481 g/mol. The minimum Gasteiger partial charge on any atom is -0.495 e. The largest absolute Gasteiger partial charge is 0.495 e. The summed E-state index contributed by atoms with van der Waals surface area (Å²) >= 11 is 8.97. The average molecular weight is 482 g/mol. The van der Waals surface area contributed by atoms with E-state index in [0.29, 0.717) is 23.9 Å². The molecule has 1 aliphatic heterocycles. The minimum atomic E-state index is -1.35. The highest BCUT2D eigenvalue weighted by atomic mass is 79.9. The number of piperazine rings is 1. The zero-order valence-corrected chi connectivity index (χ0v) is 18.4. The number of aryl methyl sites for hydroxylation is 1. The summed E-state index contributed by atoms with van der Waals surface area (Å²) in [6.45, 7) is 5.10. The molecule has 29 heavy (non-hydrogen) atoms. The Balaban J connectivity index is 1.67. The van der Waals surface area contributed by atoms with Crippen molar-refractivity contribution in [2.45, 2.75) is 6.92 Å². The van der Waals surface area contributed by atoms with Crippen molar-refractivity contribution in [3.63, 3.8) is 0 Å². The van der Waals surface area contributed by atoms with Crippen LogP contribution in [0.2, 0.25) is 0 Å². The highest BCUT2D eigenvalue weighted by molar-refractivity contribution is 9.10. The number of nitrogens with one attached hydrogen (secondary N) is 1. The number of carbonyl (C=O) groups is 1. The van der Waals surface area contributed by atoms with Crippen LogP contribution in [0.15, 0.2) is 34.8 Å². The molecule has 2 N–H and O–H groups in total. The third-order valence-corrected chi connectivity index (χ3v) is 5.68. The maximum Gasteiger partial charge on any atom is 0.338 e. The quantitative estimate of drug-likeness (QED) is 0.636. The fraction of sp³-hybridized carbons (Fsp3) is 0.300. The molecule has 0 amide bonds. The summed E-state index contributed by atoms with van der Waals surface area (Å²) in [5.74, 6) is -1.98. The van der Waals surface area contributed by atoms with Gasteiger partial charge in [-0.15, -0.1) is 0 Å². The molecule has 3 rings (SSSR count). The van der Waals surface area contributed by atoms with Crippen molar-refractivity contribution in [1.29, 1.82) is 0 Å². The lowest BCUT2D eigenvalue weighted by Crippen LogP contribution is -2.50. The van der Waals surface area contributed by atoms with Crippen molar-refractivity contribution in [2.75, 3.05) is 43.5 Å². The molecule has 1 saturated heterocycles. The number of anilines is 2. The van der Waals surface area contributed by atoms with Crippen molar-refractivity contribution in [1.82, 2.24) is 4.90 Å². The number of methoxy groups -OCH3 is 1. The van der Waals surface area contributed by atoms with E-state index in [4.69, 9.17) is 22.1 Å². The van der Waals surface area contributed by atoms with Gasteiger partial charge in [0.1, 0.15) is 11.6 Å². The number of halogens is 2. The molecule has 0 spiro atoms. The molecule has 1 aliphatic rings. The molecule has 0 atom stereocenters. The van der Waals surface area contributed by atoms with Gasteiger partial charge in [-0.2, -0.15) is 0 Å². The predicted molar refractivity (Wildman–Crippen MR) is 119 cm³/mol. The van der Waals surface area contributed by atoms with Gasteiger partial charge in [0.05, 0.1) is 18.4 Å². The second-order valence-electron chi connectivity index (χ2n) is 6.67. The molecule has 0 radical (unpaired) electrons. The van der Waals surface area contributed by atoms with Crippen molar-refractivity contribution in [3.05, 3.63) is 51.7 Å². The molecule has 1 heterocycles. The highest BCUT2D eigenvalue weighted by Crippen LogP contribution is 2.29. The van der Waals surface area contributed by atoms with E-state index in [1.165, 1.54) is 18.4 Å². The molecular formula is C20H21BrFN3O3S. The first-order chi connectivity index (χ1) is 13.8. The van der Waals surface area contributed by atoms with Gasteiger partial charge in [-0.1, -0.05) is 15.9 Å². The number of ether oxygens (including phenoxy) is 1. The molecule has 0 aromatic heterocycles. The molecule has 154 valence electrons. The van der Waals surface area contributed by atoms with Gasteiger partial charge >= 0.3 is 5.97 Å². The van der Waals surface area contributed by atoms with Gasteiger partial charge in [-0.3, -0.25) is 0 Å². The van der Waals surface area contributed by atoms with E-state index in [1.54, 1.807) is 0 Å². The van der Waals surface area contributed by atoms with Crippen LogP contribution in [-0.2, 0) is 0 Å². The Labute approximate surface area is 182 Å². The van der Waals surface area contributed by atoms with Crippen molar-refractivity contribution >= 4 is 50.6 Å². The van der Waals surface area contributed by atoms with Crippen LogP contribution >= 0.6 is 28.1 Å². The summed E-state index contributed by atoms with van der Waals surface area (Å²) in [5.41, 5.74) is 2.25. The Morgan fingerprint density at radius 2 is 1.93 bits per heavy atom. The standard InChI is InChI=1S/C20H21BrFN3O3S/c1-12-9-13(21)3-4-17(12)24-5-7-25(8-6-24)20(29)23-16-11-15(22)14(19(26)27)10-18(16)28-2/h3-4,9-11H,5-8H2,1-2H3,(H,23,29)(H,26,27). The van der Waals surface area contributed by atoms with Crippen molar-refractivity contribution in [3.8, 4) is 5.75 Å². The third kappa shape index (κ3) is 4.79. The third-order valence-electron chi connectivity index (χ3n) is 4.83. The molecule has 2 aromatic rings. The minimum absolute atomic E-state index is 0.218. The number of benzene rings is 2. The number of nitrogens with zero attached hydrogens (tertiary/aromatic N) is 2. The van der Waals surface area contributed by atoms with Gasteiger partial charge in [-0.25, -0.2) is 9.18 Å². The second kappa shape index (κ2) is 8.96. The Morgan fingerprint density at radius 1 is 1.24 bits per heavy atom. The fourth-order valence-electron chi connectivity index (χ4n) is 3.30. The first kappa shape index (κ1) is 21.3. The van der Waals surface area contributed by atoms with Gasteiger partial charge in [0.2, 0.25) is 0 Å². The summed E-state index contributed by atoms with van der Waals surface area (Å²) in [6, 6.07) is 8.47. The molecule has 2 aromatic carbocycles. The maximum absolute atomic E-state index is 14.1. The van der Waals surface area contributed by atoms with Crippen LogP contribution in [0.4, 0.5) is 15.8 Å². The summed E-state index contributed by atoms with van der Waals surface area (Å²) in [4.78, 5) is 15.4. The van der Waals surface area contributed by atoms with Crippen LogP contribution in [-0.4, -0.2) is 54.4 Å². The zero-order valence-electron chi connectivity index (χ0n) is 16.0. The number of carboxylic acid groups (broad SMARTS) is 1. The van der Waals surface area contributed by atoms with Crippen LogP contribution in [0.1, 0.15) is 15.9 Å². The summed E-state index contributed by atoms with van der Waals surface area (Å²) in [7, 11) is 1.40.